The molecule has 0 amide bonds. The minimum Gasteiger partial charge on any atom is -0.494 e. The number of rotatable bonds is 9. The summed E-state index contributed by atoms with van der Waals surface area (Å²) in [6.07, 6.45) is 5.03. The van der Waals surface area contributed by atoms with E-state index in [1.807, 2.05) is 60.7 Å². The van der Waals surface area contributed by atoms with Crippen molar-refractivity contribution in [2.24, 2.45) is 0 Å². The van der Waals surface area contributed by atoms with E-state index in [2.05, 4.69) is 6.92 Å². The number of nitriles is 1. The van der Waals surface area contributed by atoms with Gasteiger partial charge < -0.3 is 4.74 Å². The molecule has 0 atom stereocenters. The molecular formula is C28H24ClN3O3S. The smallest absolute Gasteiger partial charge is 0.216 e. The van der Waals surface area contributed by atoms with Crippen LogP contribution in [0.4, 0.5) is 0 Å². The maximum absolute atomic E-state index is 13.2. The van der Waals surface area contributed by atoms with Gasteiger partial charge in [0.05, 0.1) is 17.2 Å². The van der Waals surface area contributed by atoms with E-state index in [1.165, 1.54) is 30.3 Å². The molecule has 6 nitrogen and oxygen atoms in total. The lowest BCUT2D eigenvalue weighted by atomic mass is 10.1. The van der Waals surface area contributed by atoms with Crippen LogP contribution in [0.15, 0.2) is 94.9 Å². The van der Waals surface area contributed by atoms with Crippen molar-refractivity contribution < 1.29 is 13.2 Å². The topological polar surface area (TPSA) is 85.0 Å². The number of ether oxygens (including phenoxy) is 1. The first-order chi connectivity index (χ1) is 17.4. The zero-order chi connectivity index (χ0) is 25.5. The van der Waals surface area contributed by atoms with Gasteiger partial charge in [0, 0.05) is 22.3 Å². The van der Waals surface area contributed by atoms with E-state index >= 15 is 0 Å². The number of allylic oxidation sites excluding steroid dienone is 1. The van der Waals surface area contributed by atoms with Crippen LogP contribution in [-0.2, 0) is 9.84 Å². The summed E-state index contributed by atoms with van der Waals surface area (Å²) in [4.78, 5) is -0.406. The van der Waals surface area contributed by atoms with E-state index in [1.54, 1.807) is 10.9 Å². The van der Waals surface area contributed by atoms with Crippen molar-refractivity contribution in [3.63, 3.8) is 0 Å². The number of halogens is 1. The number of benzene rings is 3. The summed E-state index contributed by atoms with van der Waals surface area (Å²) < 4.78 is 34.0. The summed E-state index contributed by atoms with van der Waals surface area (Å²) in [7, 11) is -4.06. The summed E-state index contributed by atoms with van der Waals surface area (Å²) in [5.41, 5.74) is 2.55. The molecule has 4 rings (SSSR count). The summed E-state index contributed by atoms with van der Waals surface area (Å²) >= 11 is 5.91. The fourth-order valence-corrected chi connectivity index (χ4v) is 4.83. The highest BCUT2D eigenvalue weighted by molar-refractivity contribution is 7.95. The van der Waals surface area contributed by atoms with Gasteiger partial charge in [-0.3, -0.25) is 0 Å². The van der Waals surface area contributed by atoms with Crippen molar-refractivity contribution in [2.75, 3.05) is 6.61 Å². The van der Waals surface area contributed by atoms with Crippen molar-refractivity contribution in [2.45, 2.75) is 24.7 Å². The van der Waals surface area contributed by atoms with Crippen molar-refractivity contribution >= 4 is 27.5 Å². The third-order valence-electron chi connectivity index (χ3n) is 5.45. The molecule has 0 aliphatic heterocycles. The Morgan fingerprint density at radius 1 is 1.08 bits per heavy atom. The van der Waals surface area contributed by atoms with E-state index in [9.17, 15) is 13.7 Å². The maximum atomic E-state index is 13.2. The molecule has 0 unspecified atom stereocenters. The number of aromatic nitrogens is 2. The minimum absolute atomic E-state index is 0.0111. The van der Waals surface area contributed by atoms with E-state index in [-0.39, 0.29) is 4.90 Å². The predicted molar refractivity (Wildman–Crippen MR) is 142 cm³/mol. The number of nitrogens with zero attached hydrogens (tertiary/aromatic N) is 3. The van der Waals surface area contributed by atoms with E-state index in [4.69, 9.17) is 21.4 Å². The van der Waals surface area contributed by atoms with Crippen LogP contribution in [0.3, 0.4) is 0 Å². The Hall–Kier alpha value is -3.86. The van der Waals surface area contributed by atoms with Gasteiger partial charge in [-0.05, 0) is 61.0 Å². The van der Waals surface area contributed by atoms with Crippen molar-refractivity contribution in [3.8, 4) is 28.8 Å². The average molecular weight is 518 g/mol. The molecule has 4 aromatic rings. The molecule has 3 aromatic carbocycles. The Morgan fingerprint density at radius 2 is 1.83 bits per heavy atom. The third kappa shape index (κ3) is 5.68. The van der Waals surface area contributed by atoms with Crippen LogP contribution in [0, 0.1) is 11.3 Å². The largest absolute Gasteiger partial charge is 0.494 e. The Balaban J connectivity index is 1.82. The van der Waals surface area contributed by atoms with Gasteiger partial charge in [0.1, 0.15) is 22.4 Å². The summed E-state index contributed by atoms with van der Waals surface area (Å²) in [5.74, 6) is 0.694. The zero-order valence-corrected chi connectivity index (χ0v) is 21.2. The summed E-state index contributed by atoms with van der Waals surface area (Å²) in [5, 5.41) is 15.0. The standard InChI is InChI=1S/C28H24ClN3O3S/c1-2-3-16-35-25-11-7-8-21(17-25)28-22(20-32(31-28)24-9-5-4-6-10-24)18-27(19-30)36(33,34)26-14-12-23(29)13-15-26/h4-15,17-18,20H,2-3,16H2,1H3/b27-18-. The number of hydrogen-bond donors (Lipinski definition) is 0. The zero-order valence-electron chi connectivity index (χ0n) is 19.6. The van der Waals surface area contributed by atoms with Crippen molar-refractivity contribution in [1.82, 2.24) is 9.78 Å². The number of sulfone groups is 1. The van der Waals surface area contributed by atoms with Crippen LogP contribution in [0.25, 0.3) is 23.0 Å². The van der Waals surface area contributed by atoms with Crippen LogP contribution >= 0.6 is 11.6 Å². The van der Waals surface area contributed by atoms with Crippen LogP contribution in [0.5, 0.6) is 5.75 Å². The molecule has 36 heavy (non-hydrogen) atoms. The van der Waals surface area contributed by atoms with Gasteiger partial charge in [-0.1, -0.05) is 55.3 Å². The number of unbranched alkanes of at least 4 members (excludes halogenated alkanes) is 1. The maximum Gasteiger partial charge on any atom is 0.216 e. The molecule has 0 aliphatic rings. The highest BCUT2D eigenvalue weighted by atomic mass is 35.5. The van der Waals surface area contributed by atoms with E-state index < -0.39 is 14.7 Å². The quantitative estimate of drug-likeness (QED) is 0.182. The number of para-hydroxylation sites is 1. The van der Waals surface area contributed by atoms with Gasteiger partial charge in [-0.25, -0.2) is 13.1 Å². The Kier molecular flexibility index (Phi) is 7.89. The third-order valence-corrected chi connectivity index (χ3v) is 7.38. The van der Waals surface area contributed by atoms with Crippen LogP contribution in [0.2, 0.25) is 5.02 Å². The highest BCUT2D eigenvalue weighted by Crippen LogP contribution is 2.30. The fourth-order valence-electron chi connectivity index (χ4n) is 3.55. The first-order valence-corrected chi connectivity index (χ1v) is 13.3. The molecular weight excluding hydrogens is 494 g/mol. The SMILES string of the molecule is CCCCOc1cccc(-c2nn(-c3ccccc3)cc2/C=C(/C#N)S(=O)(=O)c2ccc(Cl)cc2)c1. The fraction of sp³-hybridized carbons (Fsp3) is 0.143. The second-order valence-electron chi connectivity index (χ2n) is 8.02. The Morgan fingerprint density at radius 3 is 2.53 bits per heavy atom. The van der Waals surface area contributed by atoms with Gasteiger partial charge >= 0.3 is 0 Å². The number of hydrogen-bond acceptors (Lipinski definition) is 5. The lowest BCUT2D eigenvalue weighted by Crippen LogP contribution is -2.03. The highest BCUT2D eigenvalue weighted by Gasteiger charge is 2.22. The normalized spacial score (nSPS) is 11.8. The second-order valence-corrected chi connectivity index (χ2v) is 10.4. The van der Waals surface area contributed by atoms with E-state index in [0.29, 0.717) is 28.6 Å². The van der Waals surface area contributed by atoms with Gasteiger partial charge in [-0.15, -0.1) is 0 Å². The second kappa shape index (κ2) is 11.3. The molecule has 182 valence electrons. The molecule has 0 radical (unpaired) electrons. The molecule has 0 saturated heterocycles. The van der Waals surface area contributed by atoms with Crippen LogP contribution in [0.1, 0.15) is 25.3 Å². The monoisotopic (exact) mass is 517 g/mol. The van der Waals surface area contributed by atoms with E-state index in [0.717, 1.165) is 24.1 Å². The molecule has 1 aromatic heterocycles. The van der Waals surface area contributed by atoms with Crippen molar-refractivity contribution in [3.05, 3.63) is 101 Å². The molecule has 1 heterocycles. The van der Waals surface area contributed by atoms with Gasteiger partial charge in [0.2, 0.25) is 9.84 Å². The molecule has 0 fully saturated rings. The van der Waals surface area contributed by atoms with Gasteiger partial charge in [0.25, 0.3) is 0 Å². The molecule has 8 heteroatoms. The molecule has 0 aliphatic carbocycles. The summed E-state index contributed by atoms with van der Waals surface area (Å²) in [6.45, 7) is 2.70. The van der Waals surface area contributed by atoms with Crippen LogP contribution < -0.4 is 4.74 Å². The lowest BCUT2D eigenvalue weighted by molar-refractivity contribution is 0.309. The molecule has 0 spiro atoms. The van der Waals surface area contributed by atoms with Crippen molar-refractivity contribution in [1.29, 1.82) is 5.26 Å². The Labute approximate surface area is 216 Å². The lowest BCUT2D eigenvalue weighted by Gasteiger charge is -2.07. The molecule has 0 bridgehead atoms. The average Bonchev–Trinajstić information content (AvgIpc) is 3.32. The van der Waals surface area contributed by atoms with Gasteiger partial charge in [-0.2, -0.15) is 10.4 Å². The first-order valence-electron chi connectivity index (χ1n) is 11.4. The Bertz CT molecular complexity index is 1520. The molecule has 0 N–H and O–H groups in total. The predicted octanol–water partition coefficient (Wildman–Crippen LogP) is 6.71. The minimum atomic E-state index is -4.06. The summed E-state index contributed by atoms with van der Waals surface area (Å²) in [6, 6.07) is 24.5. The van der Waals surface area contributed by atoms with Gasteiger partial charge in [0.15, 0.2) is 0 Å². The first kappa shape index (κ1) is 25.2. The van der Waals surface area contributed by atoms with Crippen LogP contribution in [-0.4, -0.2) is 24.8 Å². The molecule has 0 saturated carbocycles.